The lowest BCUT2D eigenvalue weighted by atomic mass is 9.84. The van der Waals surface area contributed by atoms with E-state index in [1.54, 1.807) is 6.07 Å². The first-order valence-corrected chi connectivity index (χ1v) is 6.99. The van der Waals surface area contributed by atoms with Gasteiger partial charge in [0.05, 0.1) is 11.6 Å². The highest BCUT2D eigenvalue weighted by Crippen LogP contribution is 2.33. The second-order valence-corrected chi connectivity index (χ2v) is 5.76. The Morgan fingerprint density at radius 2 is 2.00 bits per heavy atom. The molecule has 19 heavy (non-hydrogen) atoms. The number of nitriles is 1. The van der Waals surface area contributed by atoms with Crippen LogP contribution in [0.1, 0.15) is 47.2 Å². The molecule has 1 aromatic carbocycles. The highest BCUT2D eigenvalue weighted by Gasteiger charge is 2.37. The van der Waals surface area contributed by atoms with Crippen LogP contribution >= 0.6 is 0 Å². The molecule has 0 radical (unpaired) electrons. The molecule has 3 nitrogen and oxygen atoms in total. The predicted molar refractivity (Wildman–Crippen MR) is 72.9 cm³/mol. The molecule has 3 heteroatoms. The van der Waals surface area contributed by atoms with Crippen molar-refractivity contribution in [2.24, 2.45) is 5.92 Å². The first-order valence-electron chi connectivity index (χ1n) is 6.99. The van der Waals surface area contributed by atoms with E-state index < -0.39 is 0 Å². The minimum absolute atomic E-state index is 0.131. The van der Waals surface area contributed by atoms with Crippen LogP contribution in [0, 0.1) is 24.2 Å². The molecule has 2 unspecified atom stereocenters. The molecule has 1 aromatic rings. The fourth-order valence-electron chi connectivity index (χ4n) is 3.51. The van der Waals surface area contributed by atoms with Crippen LogP contribution in [0.5, 0.6) is 0 Å². The van der Waals surface area contributed by atoms with E-state index in [2.05, 4.69) is 11.4 Å². The van der Waals surface area contributed by atoms with Gasteiger partial charge >= 0.3 is 0 Å². The van der Waals surface area contributed by atoms with Crippen molar-refractivity contribution >= 4 is 5.78 Å². The first kappa shape index (κ1) is 12.4. The van der Waals surface area contributed by atoms with E-state index in [1.165, 1.54) is 12.8 Å². The van der Waals surface area contributed by atoms with E-state index in [-0.39, 0.29) is 11.7 Å². The van der Waals surface area contributed by atoms with E-state index in [4.69, 9.17) is 5.26 Å². The molecule has 2 fully saturated rings. The molecule has 2 aliphatic heterocycles. The SMILES string of the molecule is Cc1c(C#N)cccc1C(=O)C1CC2CCC(C1)N2. The third-order valence-corrected chi connectivity index (χ3v) is 4.56. The lowest BCUT2D eigenvalue weighted by Gasteiger charge is -2.28. The Hall–Kier alpha value is -1.66. The summed E-state index contributed by atoms with van der Waals surface area (Å²) in [5, 5.41) is 12.6. The highest BCUT2D eigenvalue weighted by atomic mass is 16.1. The summed E-state index contributed by atoms with van der Waals surface area (Å²) in [7, 11) is 0. The van der Waals surface area contributed by atoms with Gasteiger partial charge in [-0.15, -0.1) is 0 Å². The lowest BCUT2D eigenvalue weighted by Crippen LogP contribution is -2.40. The molecular formula is C16H18N2O. The monoisotopic (exact) mass is 254 g/mol. The maximum Gasteiger partial charge on any atom is 0.166 e. The average molecular weight is 254 g/mol. The average Bonchev–Trinajstić information content (AvgIpc) is 2.77. The quantitative estimate of drug-likeness (QED) is 0.825. The Morgan fingerprint density at radius 3 is 2.63 bits per heavy atom. The zero-order chi connectivity index (χ0) is 13.4. The van der Waals surface area contributed by atoms with Crippen molar-refractivity contribution in [1.82, 2.24) is 5.32 Å². The summed E-state index contributed by atoms with van der Waals surface area (Å²) in [6.45, 7) is 1.88. The first-order chi connectivity index (χ1) is 9.19. The molecule has 1 N–H and O–H groups in total. The molecular weight excluding hydrogens is 236 g/mol. The van der Waals surface area contributed by atoms with Crippen molar-refractivity contribution in [3.8, 4) is 6.07 Å². The van der Waals surface area contributed by atoms with Crippen molar-refractivity contribution < 1.29 is 4.79 Å². The van der Waals surface area contributed by atoms with Crippen molar-refractivity contribution in [3.05, 3.63) is 34.9 Å². The van der Waals surface area contributed by atoms with Crippen molar-refractivity contribution in [2.75, 3.05) is 0 Å². The standard InChI is InChI=1S/C16H18N2O/c1-10-11(9-17)3-2-4-15(10)16(19)12-7-13-5-6-14(8-12)18-13/h2-4,12-14,18H,5-8H2,1H3. The Bertz CT molecular complexity index is 546. The topological polar surface area (TPSA) is 52.9 Å². The third-order valence-electron chi connectivity index (χ3n) is 4.56. The summed E-state index contributed by atoms with van der Waals surface area (Å²) in [4.78, 5) is 12.7. The van der Waals surface area contributed by atoms with E-state index in [0.717, 1.165) is 24.0 Å². The molecule has 0 aromatic heterocycles. The maximum absolute atomic E-state index is 12.7. The molecule has 2 heterocycles. The van der Waals surface area contributed by atoms with Gasteiger partial charge in [0.2, 0.25) is 0 Å². The number of nitrogens with zero attached hydrogens (tertiary/aromatic N) is 1. The largest absolute Gasteiger partial charge is 0.311 e. The molecule has 0 amide bonds. The van der Waals surface area contributed by atoms with Gasteiger partial charge in [-0.2, -0.15) is 5.26 Å². The number of piperidine rings is 1. The van der Waals surface area contributed by atoms with Crippen LogP contribution in [-0.2, 0) is 0 Å². The Labute approximate surface area is 113 Å². The van der Waals surface area contributed by atoms with Crippen molar-refractivity contribution in [2.45, 2.75) is 44.7 Å². The zero-order valence-corrected chi connectivity index (χ0v) is 11.1. The van der Waals surface area contributed by atoms with Gasteiger partial charge in [0.15, 0.2) is 5.78 Å². The fraction of sp³-hybridized carbons (Fsp3) is 0.500. The molecule has 2 aliphatic rings. The van der Waals surface area contributed by atoms with Crippen LogP contribution in [0.4, 0.5) is 0 Å². The highest BCUT2D eigenvalue weighted by molar-refractivity contribution is 5.99. The predicted octanol–water partition coefficient (Wildman–Crippen LogP) is 2.58. The van der Waals surface area contributed by atoms with E-state index in [0.29, 0.717) is 17.6 Å². The summed E-state index contributed by atoms with van der Waals surface area (Å²) in [5.74, 6) is 0.361. The number of hydrogen-bond donors (Lipinski definition) is 1. The number of hydrogen-bond acceptors (Lipinski definition) is 3. The zero-order valence-electron chi connectivity index (χ0n) is 11.1. The summed E-state index contributed by atoms with van der Waals surface area (Å²) >= 11 is 0. The number of benzene rings is 1. The summed E-state index contributed by atoms with van der Waals surface area (Å²) in [6, 6.07) is 8.65. The molecule has 2 bridgehead atoms. The molecule has 0 saturated carbocycles. The third kappa shape index (κ3) is 2.17. The molecule has 0 aliphatic carbocycles. The number of fused-ring (bicyclic) bond motifs is 2. The summed E-state index contributed by atoms with van der Waals surface area (Å²) < 4.78 is 0. The van der Waals surface area contributed by atoms with Gasteiger partial charge in [-0.3, -0.25) is 4.79 Å². The van der Waals surface area contributed by atoms with Crippen LogP contribution in [0.2, 0.25) is 0 Å². The van der Waals surface area contributed by atoms with Gasteiger partial charge in [-0.05, 0) is 44.2 Å². The van der Waals surface area contributed by atoms with E-state index >= 15 is 0 Å². The fourth-order valence-corrected chi connectivity index (χ4v) is 3.51. The van der Waals surface area contributed by atoms with Crippen LogP contribution in [0.3, 0.4) is 0 Å². The number of Topliss-reactive ketones (excluding diaryl/α,β-unsaturated/α-hetero) is 1. The van der Waals surface area contributed by atoms with Gasteiger partial charge in [0.25, 0.3) is 0 Å². The van der Waals surface area contributed by atoms with Crippen LogP contribution in [0.15, 0.2) is 18.2 Å². The van der Waals surface area contributed by atoms with Gasteiger partial charge in [0.1, 0.15) is 0 Å². The smallest absolute Gasteiger partial charge is 0.166 e. The minimum atomic E-state index is 0.131. The normalized spacial score (nSPS) is 28.9. The minimum Gasteiger partial charge on any atom is -0.311 e. The number of rotatable bonds is 2. The van der Waals surface area contributed by atoms with E-state index in [1.807, 2.05) is 19.1 Å². The maximum atomic E-state index is 12.7. The Balaban J connectivity index is 1.87. The van der Waals surface area contributed by atoms with Crippen molar-refractivity contribution in [1.29, 1.82) is 5.26 Å². The van der Waals surface area contributed by atoms with Gasteiger partial charge < -0.3 is 5.32 Å². The molecule has 0 spiro atoms. The number of ketones is 1. The van der Waals surface area contributed by atoms with Crippen LogP contribution < -0.4 is 5.32 Å². The van der Waals surface area contributed by atoms with Crippen molar-refractivity contribution in [3.63, 3.8) is 0 Å². The number of nitrogens with one attached hydrogen (secondary N) is 1. The second-order valence-electron chi connectivity index (χ2n) is 5.76. The lowest BCUT2D eigenvalue weighted by molar-refractivity contribution is 0.0875. The molecule has 98 valence electrons. The Kier molecular flexibility index (Phi) is 3.12. The molecule has 3 rings (SSSR count). The van der Waals surface area contributed by atoms with Crippen LogP contribution in [0.25, 0.3) is 0 Å². The molecule has 2 saturated heterocycles. The Morgan fingerprint density at radius 1 is 1.32 bits per heavy atom. The summed E-state index contributed by atoms with van der Waals surface area (Å²) in [6.07, 6.45) is 4.30. The van der Waals surface area contributed by atoms with Gasteiger partial charge in [-0.25, -0.2) is 0 Å². The van der Waals surface area contributed by atoms with Gasteiger partial charge in [-0.1, -0.05) is 12.1 Å². The second kappa shape index (κ2) is 4.79. The number of carbonyl (C=O) groups excluding carboxylic acids is 1. The summed E-state index contributed by atoms with van der Waals surface area (Å²) in [5.41, 5.74) is 2.19. The van der Waals surface area contributed by atoms with Crippen LogP contribution in [-0.4, -0.2) is 17.9 Å². The van der Waals surface area contributed by atoms with E-state index in [9.17, 15) is 4.79 Å². The van der Waals surface area contributed by atoms with Gasteiger partial charge in [0, 0.05) is 23.6 Å². The molecule has 2 atom stereocenters. The number of carbonyl (C=O) groups is 1.